The van der Waals surface area contributed by atoms with Gasteiger partial charge in [-0.15, -0.1) is 0 Å². The van der Waals surface area contributed by atoms with Crippen molar-refractivity contribution in [1.29, 1.82) is 0 Å². The Morgan fingerprint density at radius 1 is 1.03 bits per heavy atom. The number of carbonyl (C=O) groups is 1. The van der Waals surface area contributed by atoms with Crippen LogP contribution in [0.5, 0.6) is 5.75 Å². The van der Waals surface area contributed by atoms with E-state index >= 15 is 0 Å². The Morgan fingerprint density at radius 2 is 1.75 bits per heavy atom. The third-order valence-corrected chi connectivity index (χ3v) is 7.31. The summed E-state index contributed by atoms with van der Waals surface area (Å²) in [7, 11) is 0. The molecule has 1 saturated carbocycles. The Bertz CT molecular complexity index is 1250. The van der Waals surface area contributed by atoms with E-state index < -0.39 is 11.3 Å². The molecule has 0 radical (unpaired) electrons. The molecule has 1 aliphatic heterocycles. The minimum atomic E-state index is -0.712. The van der Waals surface area contributed by atoms with Crippen LogP contribution in [-0.4, -0.2) is 38.1 Å². The third kappa shape index (κ3) is 3.20. The molecule has 1 aliphatic carbocycles. The third-order valence-electron chi connectivity index (χ3n) is 7.31. The number of aromatic nitrogens is 2. The molecule has 1 fully saturated rings. The number of hydrogen-bond acceptors (Lipinski definition) is 4. The first-order valence-corrected chi connectivity index (χ1v) is 11.5. The average Bonchev–Trinajstić information content (AvgIpc) is 3.26. The predicted molar refractivity (Wildman–Crippen MR) is 124 cm³/mol. The van der Waals surface area contributed by atoms with Gasteiger partial charge >= 0.3 is 5.56 Å². The molecule has 6 nitrogen and oxygen atoms in total. The maximum atomic E-state index is 13.1. The van der Waals surface area contributed by atoms with E-state index in [1.54, 1.807) is 9.47 Å². The summed E-state index contributed by atoms with van der Waals surface area (Å²) >= 11 is 0. The normalized spacial score (nSPS) is 17.8. The number of amides is 1. The van der Waals surface area contributed by atoms with Gasteiger partial charge in [-0.05, 0) is 43.0 Å². The lowest BCUT2D eigenvalue weighted by Gasteiger charge is -2.36. The molecule has 5 rings (SSSR count). The summed E-state index contributed by atoms with van der Waals surface area (Å²) < 4.78 is 1.79. The minimum absolute atomic E-state index is 0.000718. The van der Waals surface area contributed by atoms with Crippen molar-refractivity contribution in [2.45, 2.75) is 64.0 Å². The smallest absolute Gasteiger partial charge is 0.315 e. The zero-order valence-electron chi connectivity index (χ0n) is 18.7. The van der Waals surface area contributed by atoms with Crippen molar-refractivity contribution in [3.05, 3.63) is 69.9 Å². The van der Waals surface area contributed by atoms with Crippen LogP contribution < -0.4 is 5.56 Å². The highest BCUT2D eigenvalue weighted by Gasteiger charge is 2.40. The maximum absolute atomic E-state index is 13.1. The molecule has 1 N–H and O–H groups in total. The molecule has 6 heteroatoms. The van der Waals surface area contributed by atoms with Gasteiger partial charge in [-0.3, -0.25) is 9.59 Å². The van der Waals surface area contributed by atoms with Gasteiger partial charge in [0.15, 0.2) is 5.69 Å². The number of nitrogens with zero attached hydrogens (tertiary/aromatic N) is 3. The van der Waals surface area contributed by atoms with Crippen molar-refractivity contribution < 1.29 is 9.90 Å². The standard InChI is InChI=1S/C26H29N3O3/c1-17(2)28-14-15-29-21(27-24(31)23(30)22(29)25(28)32)16-26(12-5-6-13-26)20-11-7-9-18-8-3-4-10-19(18)20/h3-4,7-11,17,30H,5-6,12-16H2,1-2H3. The number of carbonyl (C=O) groups excluding carboxylic acids is 1. The van der Waals surface area contributed by atoms with Crippen molar-refractivity contribution in [3.8, 4) is 5.75 Å². The Kier molecular flexibility index (Phi) is 5.03. The number of benzene rings is 2. The van der Waals surface area contributed by atoms with E-state index in [2.05, 4.69) is 47.4 Å². The summed E-state index contributed by atoms with van der Waals surface area (Å²) in [6.45, 7) is 4.96. The van der Waals surface area contributed by atoms with Crippen LogP contribution in [0.25, 0.3) is 10.8 Å². The zero-order chi connectivity index (χ0) is 22.5. The first kappa shape index (κ1) is 20.7. The molecular weight excluding hydrogens is 402 g/mol. The topological polar surface area (TPSA) is 75.4 Å². The van der Waals surface area contributed by atoms with E-state index in [1.807, 2.05) is 13.8 Å². The van der Waals surface area contributed by atoms with Crippen LogP contribution in [0, 0.1) is 0 Å². The first-order chi connectivity index (χ1) is 15.4. The summed E-state index contributed by atoms with van der Waals surface area (Å²) in [4.78, 5) is 31.7. The second-order valence-electron chi connectivity index (χ2n) is 9.47. The molecule has 0 bridgehead atoms. The Labute approximate surface area is 187 Å². The molecule has 1 amide bonds. The molecule has 2 aromatic carbocycles. The molecular formula is C26H29N3O3. The fourth-order valence-electron chi connectivity index (χ4n) is 5.70. The highest BCUT2D eigenvalue weighted by molar-refractivity contribution is 5.96. The van der Waals surface area contributed by atoms with Gasteiger partial charge in [0.25, 0.3) is 5.91 Å². The van der Waals surface area contributed by atoms with Crippen molar-refractivity contribution in [2.75, 3.05) is 6.54 Å². The van der Waals surface area contributed by atoms with E-state index in [4.69, 9.17) is 0 Å². The van der Waals surface area contributed by atoms with Crippen LogP contribution in [0.3, 0.4) is 0 Å². The van der Waals surface area contributed by atoms with E-state index in [1.165, 1.54) is 16.3 Å². The molecule has 0 atom stereocenters. The molecule has 2 heterocycles. The van der Waals surface area contributed by atoms with Crippen LogP contribution >= 0.6 is 0 Å². The van der Waals surface area contributed by atoms with E-state index in [0.717, 1.165) is 25.7 Å². The highest BCUT2D eigenvalue weighted by Crippen LogP contribution is 2.46. The van der Waals surface area contributed by atoms with Crippen molar-refractivity contribution in [3.63, 3.8) is 0 Å². The van der Waals surface area contributed by atoms with Crippen LogP contribution in [0.1, 0.15) is 61.4 Å². The average molecular weight is 432 g/mol. The van der Waals surface area contributed by atoms with E-state index in [-0.39, 0.29) is 23.1 Å². The number of rotatable bonds is 4. The van der Waals surface area contributed by atoms with Gasteiger partial charge in [-0.25, -0.2) is 0 Å². The van der Waals surface area contributed by atoms with Gasteiger partial charge in [0.05, 0.1) is 0 Å². The fourth-order valence-corrected chi connectivity index (χ4v) is 5.70. The lowest BCUT2D eigenvalue weighted by Crippen LogP contribution is -2.46. The lowest BCUT2D eigenvalue weighted by molar-refractivity contribution is 0.0636. The van der Waals surface area contributed by atoms with Crippen LogP contribution in [0.4, 0.5) is 0 Å². The van der Waals surface area contributed by atoms with Crippen LogP contribution in [-0.2, 0) is 18.4 Å². The van der Waals surface area contributed by atoms with Crippen molar-refractivity contribution in [2.24, 2.45) is 0 Å². The van der Waals surface area contributed by atoms with Gasteiger partial charge in [0.2, 0.25) is 5.75 Å². The van der Waals surface area contributed by atoms with Gasteiger partial charge < -0.3 is 14.6 Å². The second-order valence-corrected chi connectivity index (χ2v) is 9.47. The van der Waals surface area contributed by atoms with Crippen molar-refractivity contribution in [1.82, 2.24) is 14.5 Å². The Morgan fingerprint density at radius 3 is 2.50 bits per heavy atom. The summed E-state index contributed by atoms with van der Waals surface area (Å²) in [5.41, 5.74) is 0.522. The second kappa shape index (κ2) is 7.76. The Balaban J connectivity index is 1.65. The molecule has 0 spiro atoms. The monoisotopic (exact) mass is 431 g/mol. The molecule has 166 valence electrons. The van der Waals surface area contributed by atoms with E-state index in [0.29, 0.717) is 25.3 Å². The van der Waals surface area contributed by atoms with Crippen molar-refractivity contribution >= 4 is 16.7 Å². The van der Waals surface area contributed by atoms with Gasteiger partial charge in [0.1, 0.15) is 5.82 Å². The largest absolute Gasteiger partial charge is 0.501 e. The number of fused-ring (bicyclic) bond motifs is 2. The maximum Gasteiger partial charge on any atom is 0.315 e. The minimum Gasteiger partial charge on any atom is -0.501 e. The van der Waals surface area contributed by atoms with Crippen LogP contribution in [0.15, 0.2) is 47.3 Å². The summed E-state index contributed by atoms with van der Waals surface area (Å²) in [6, 6.07) is 14.9. The lowest BCUT2D eigenvalue weighted by atomic mass is 9.74. The molecule has 0 saturated heterocycles. The summed E-state index contributed by atoms with van der Waals surface area (Å²) in [6.07, 6.45) is 4.85. The quantitative estimate of drug-likeness (QED) is 0.677. The van der Waals surface area contributed by atoms with Gasteiger partial charge in [0, 0.05) is 31.0 Å². The van der Waals surface area contributed by atoms with Crippen LogP contribution in [0.2, 0.25) is 0 Å². The molecule has 2 aliphatic rings. The first-order valence-electron chi connectivity index (χ1n) is 11.5. The zero-order valence-corrected chi connectivity index (χ0v) is 18.7. The molecule has 3 aromatic rings. The SMILES string of the molecule is CC(C)N1CCn2c(CC3(c4cccc5ccccc45)CCCC3)nc(=O)c(O)c2C1=O. The Hall–Kier alpha value is -3.15. The highest BCUT2D eigenvalue weighted by atomic mass is 16.3. The van der Waals surface area contributed by atoms with E-state index in [9.17, 15) is 14.7 Å². The summed E-state index contributed by atoms with van der Waals surface area (Å²) in [5, 5.41) is 12.9. The molecule has 32 heavy (non-hydrogen) atoms. The number of hydrogen-bond donors (Lipinski definition) is 1. The predicted octanol–water partition coefficient (Wildman–Crippen LogP) is 4.02. The summed E-state index contributed by atoms with van der Waals surface area (Å²) in [5.74, 6) is -0.223. The van der Waals surface area contributed by atoms with Gasteiger partial charge in [-0.2, -0.15) is 4.98 Å². The molecule has 1 aromatic heterocycles. The number of aromatic hydroxyl groups is 1. The van der Waals surface area contributed by atoms with Gasteiger partial charge in [-0.1, -0.05) is 55.3 Å². The fraction of sp³-hybridized carbons (Fsp3) is 0.423. The molecule has 0 unspecified atom stereocenters.